The summed E-state index contributed by atoms with van der Waals surface area (Å²) >= 11 is 0. The van der Waals surface area contributed by atoms with Crippen molar-refractivity contribution in [1.82, 2.24) is 20.9 Å². The van der Waals surface area contributed by atoms with Crippen LogP contribution in [0.2, 0.25) is 0 Å². The first-order chi connectivity index (χ1) is 27.6. The summed E-state index contributed by atoms with van der Waals surface area (Å²) in [7, 11) is 1.35. The monoisotopic (exact) mass is 804 g/mol. The second-order valence-corrected chi connectivity index (χ2v) is 13.4. The number of benzene rings is 4. The Bertz CT molecular complexity index is 2150. The minimum atomic E-state index is -4.48. The average molecular weight is 805 g/mol. The number of halogens is 3. The molecule has 8 N–H and O–H groups in total. The van der Waals surface area contributed by atoms with Gasteiger partial charge in [0.15, 0.2) is 0 Å². The zero-order chi connectivity index (χ0) is 42.1. The Kier molecular flexibility index (Phi) is 13.7. The van der Waals surface area contributed by atoms with Gasteiger partial charge in [0.25, 0.3) is 5.91 Å². The number of hydrogen-bond acceptors (Lipinski definition) is 9. The summed E-state index contributed by atoms with van der Waals surface area (Å²) in [5.74, 6) is -3.50. The van der Waals surface area contributed by atoms with Gasteiger partial charge in [0.2, 0.25) is 17.7 Å². The SMILES string of the molecule is C[C@@H]1NC(=O)C(N(C)C(=O)CNC(=O)c2ccc(-c3ccc(C(F)(F)F)cc3)cc2)c2ccc(OCCN)c(c2)-c2cc(ccc2OCCN)CC(C(=O)O)NC1=O. The molecule has 4 aromatic carbocycles. The molecule has 1 heterocycles. The van der Waals surface area contributed by atoms with Gasteiger partial charge in [-0.25, -0.2) is 4.79 Å². The normalized spacial score (nSPS) is 16.9. The Morgan fingerprint density at radius 1 is 0.828 bits per heavy atom. The molecule has 0 fully saturated rings. The van der Waals surface area contributed by atoms with Gasteiger partial charge in [0.05, 0.1) is 12.1 Å². The van der Waals surface area contributed by atoms with E-state index in [4.69, 9.17) is 20.9 Å². The van der Waals surface area contributed by atoms with Crippen LogP contribution in [-0.2, 0) is 31.8 Å². The number of nitrogens with one attached hydrogen (secondary N) is 3. The number of alkyl halides is 3. The number of aliphatic carboxylic acids is 1. The zero-order valence-electron chi connectivity index (χ0n) is 31.6. The molecule has 14 nitrogen and oxygen atoms in total. The molecule has 4 bridgehead atoms. The first-order valence-electron chi connectivity index (χ1n) is 18.2. The number of nitrogens with two attached hydrogens (primary N) is 2. The number of rotatable bonds is 12. The van der Waals surface area contributed by atoms with Crippen molar-refractivity contribution in [2.24, 2.45) is 11.5 Å². The molecular weight excluding hydrogens is 761 g/mol. The summed E-state index contributed by atoms with van der Waals surface area (Å²) in [6.45, 7) is 1.43. The molecule has 2 unspecified atom stereocenters. The number of hydrogen-bond donors (Lipinski definition) is 6. The number of ether oxygens (including phenoxy) is 2. The van der Waals surface area contributed by atoms with Crippen LogP contribution in [0.5, 0.6) is 11.5 Å². The molecule has 0 aromatic heterocycles. The van der Waals surface area contributed by atoms with E-state index in [1.807, 2.05) is 0 Å². The summed E-state index contributed by atoms with van der Waals surface area (Å²) in [5, 5.41) is 17.6. The zero-order valence-corrected chi connectivity index (χ0v) is 31.6. The molecule has 58 heavy (non-hydrogen) atoms. The maximum Gasteiger partial charge on any atom is 0.416 e. The average Bonchev–Trinajstić information content (AvgIpc) is 3.20. The predicted molar refractivity (Wildman–Crippen MR) is 207 cm³/mol. The van der Waals surface area contributed by atoms with Gasteiger partial charge >= 0.3 is 12.1 Å². The van der Waals surface area contributed by atoms with Crippen molar-refractivity contribution in [3.63, 3.8) is 0 Å². The van der Waals surface area contributed by atoms with Gasteiger partial charge in [0, 0.05) is 43.2 Å². The molecular formula is C41H43F3N6O8. The van der Waals surface area contributed by atoms with E-state index in [1.54, 1.807) is 48.5 Å². The smallest absolute Gasteiger partial charge is 0.416 e. The highest BCUT2D eigenvalue weighted by Crippen LogP contribution is 2.40. The Labute approximate surface area is 331 Å². The van der Waals surface area contributed by atoms with Crippen molar-refractivity contribution in [1.29, 1.82) is 0 Å². The van der Waals surface area contributed by atoms with Crippen LogP contribution in [0.3, 0.4) is 0 Å². The van der Waals surface area contributed by atoms with Crippen LogP contribution < -0.4 is 36.9 Å². The van der Waals surface area contributed by atoms with Gasteiger partial charge in [-0.3, -0.25) is 19.2 Å². The summed E-state index contributed by atoms with van der Waals surface area (Å²) in [6.07, 6.45) is -4.59. The maximum absolute atomic E-state index is 14.1. The van der Waals surface area contributed by atoms with Crippen LogP contribution in [0, 0.1) is 0 Å². The number of fused-ring (bicyclic) bond motifs is 5. The fourth-order valence-electron chi connectivity index (χ4n) is 6.27. The molecule has 0 radical (unpaired) electrons. The molecule has 306 valence electrons. The summed E-state index contributed by atoms with van der Waals surface area (Å²) in [5.41, 5.74) is 13.6. The molecule has 0 aliphatic carbocycles. The fourth-order valence-corrected chi connectivity index (χ4v) is 6.27. The molecule has 4 amide bonds. The van der Waals surface area contributed by atoms with Gasteiger partial charge in [-0.2, -0.15) is 13.2 Å². The van der Waals surface area contributed by atoms with Crippen LogP contribution in [-0.4, -0.2) is 91.6 Å². The highest BCUT2D eigenvalue weighted by Gasteiger charge is 2.34. The number of amides is 4. The topological polar surface area (TPSA) is 215 Å². The second kappa shape index (κ2) is 18.7. The fraction of sp³-hybridized carbons (Fsp3) is 0.293. The Morgan fingerprint density at radius 2 is 1.40 bits per heavy atom. The Balaban J connectivity index is 1.46. The highest BCUT2D eigenvalue weighted by atomic mass is 19.4. The van der Waals surface area contributed by atoms with Gasteiger partial charge in [-0.15, -0.1) is 0 Å². The first-order valence-corrected chi connectivity index (χ1v) is 18.2. The predicted octanol–water partition coefficient (Wildman–Crippen LogP) is 3.27. The van der Waals surface area contributed by atoms with E-state index < -0.39 is 66.0 Å². The maximum atomic E-state index is 14.1. The molecule has 1 aliphatic rings. The van der Waals surface area contributed by atoms with E-state index in [0.717, 1.165) is 17.0 Å². The summed E-state index contributed by atoms with van der Waals surface area (Å²) < 4.78 is 50.9. The molecule has 1 aliphatic heterocycles. The van der Waals surface area contributed by atoms with Crippen molar-refractivity contribution >= 4 is 29.6 Å². The van der Waals surface area contributed by atoms with E-state index in [9.17, 15) is 42.3 Å². The van der Waals surface area contributed by atoms with E-state index in [2.05, 4.69) is 16.0 Å². The van der Waals surface area contributed by atoms with Crippen LogP contribution in [0.15, 0.2) is 84.9 Å². The Morgan fingerprint density at radius 3 is 1.97 bits per heavy atom. The van der Waals surface area contributed by atoms with Crippen molar-refractivity contribution in [3.05, 3.63) is 107 Å². The number of nitrogens with zero attached hydrogens (tertiary/aromatic N) is 1. The third-order valence-corrected chi connectivity index (χ3v) is 9.33. The van der Waals surface area contributed by atoms with Crippen molar-refractivity contribution in [3.8, 4) is 33.8 Å². The van der Waals surface area contributed by atoms with Crippen molar-refractivity contribution in [2.75, 3.05) is 39.9 Å². The number of carboxylic acids is 1. The molecule has 17 heteroatoms. The third-order valence-electron chi connectivity index (χ3n) is 9.33. The number of carbonyl (C=O) groups is 5. The summed E-state index contributed by atoms with van der Waals surface area (Å²) in [6, 6.07) is 16.4. The number of likely N-dealkylation sites (N-methyl/N-ethyl adjacent to an activating group) is 1. The standard InChI is InChI=1S/C41H43F3N6O8/c1-23-37(52)49-32(40(55)56)20-24-3-13-33(57-17-15-45)30(19-24)31-21-28(10-14-34(31)58-18-16-46)36(39(54)48-23)50(2)35(51)22-47-38(53)27-6-4-25(5-7-27)26-8-11-29(12-9-26)41(42,43)44/h3-14,19,21,23,32,36H,15-18,20,22,45-46H2,1-2H3,(H,47,53)(H,48,54)(H,49,52)(H,55,56)/t23-,32?,36?/m0/s1. The molecule has 0 spiro atoms. The van der Waals surface area contributed by atoms with Gasteiger partial charge in [-0.05, 0) is 77.7 Å². The lowest BCUT2D eigenvalue weighted by atomic mass is 9.93. The van der Waals surface area contributed by atoms with Crippen LogP contribution in [0.25, 0.3) is 22.3 Å². The van der Waals surface area contributed by atoms with Gasteiger partial charge < -0.3 is 46.9 Å². The minimum Gasteiger partial charge on any atom is -0.492 e. The lowest BCUT2D eigenvalue weighted by Crippen LogP contribution is -2.53. The quantitative estimate of drug-likeness (QED) is 0.123. The third kappa shape index (κ3) is 10.3. The van der Waals surface area contributed by atoms with E-state index in [0.29, 0.717) is 39.3 Å². The van der Waals surface area contributed by atoms with Gasteiger partial charge in [-0.1, -0.05) is 36.4 Å². The number of carbonyl (C=O) groups excluding carboxylic acids is 4. The van der Waals surface area contributed by atoms with Crippen LogP contribution in [0.1, 0.15) is 40.0 Å². The van der Waals surface area contributed by atoms with E-state index >= 15 is 0 Å². The molecule has 5 rings (SSSR count). The van der Waals surface area contributed by atoms with E-state index in [-0.39, 0.29) is 43.9 Å². The molecule has 4 aromatic rings. The van der Waals surface area contributed by atoms with Crippen molar-refractivity contribution in [2.45, 2.75) is 37.6 Å². The summed E-state index contributed by atoms with van der Waals surface area (Å²) in [4.78, 5) is 67.6. The lowest BCUT2D eigenvalue weighted by Gasteiger charge is -2.30. The number of carboxylic acid groups (broad SMARTS) is 1. The second-order valence-electron chi connectivity index (χ2n) is 13.4. The lowest BCUT2D eigenvalue weighted by molar-refractivity contribution is -0.142. The largest absolute Gasteiger partial charge is 0.492 e. The first kappa shape index (κ1) is 42.7. The van der Waals surface area contributed by atoms with Crippen LogP contribution in [0.4, 0.5) is 13.2 Å². The highest BCUT2D eigenvalue weighted by molar-refractivity contribution is 5.98. The van der Waals surface area contributed by atoms with Crippen molar-refractivity contribution < 1.29 is 51.7 Å². The Hall–Kier alpha value is -6.46. The minimum absolute atomic E-state index is 0.112. The molecule has 3 atom stereocenters. The molecule has 0 saturated carbocycles. The molecule has 0 saturated heterocycles. The van der Waals surface area contributed by atoms with Gasteiger partial charge in [0.1, 0.15) is 42.8 Å². The van der Waals surface area contributed by atoms with Crippen LogP contribution >= 0.6 is 0 Å². The van der Waals surface area contributed by atoms with E-state index in [1.165, 1.54) is 38.2 Å².